The number of carbonyl (C=O) groups excluding carboxylic acids is 2. The highest BCUT2D eigenvalue weighted by Gasteiger charge is 2.17. The van der Waals surface area contributed by atoms with Crippen LogP contribution in [0.3, 0.4) is 0 Å². The topological polar surface area (TPSA) is 123 Å². The van der Waals surface area contributed by atoms with E-state index in [0.717, 1.165) is 11.3 Å². The molecular formula is C20H22FN5O3. The average molecular weight is 399 g/mol. The molecule has 3 aromatic rings. The summed E-state index contributed by atoms with van der Waals surface area (Å²) in [5.74, 6) is -1.22. The zero-order valence-corrected chi connectivity index (χ0v) is 16.1. The van der Waals surface area contributed by atoms with Crippen molar-refractivity contribution in [2.45, 2.75) is 32.8 Å². The number of nitrogens with one attached hydrogen (secondary N) is 1. The molecule has 0 bridgehead atoms. The average Bonchev–Trinajstić information content (AvgIpc) is 3.10. The molecule has 0 aliphatic carbocycles. The van der Waals surface area contributed by atoms with Crippen LogP contribution in [0.2, 0.25) is 0 Å². The van der Waals surface area contributed by atoms with Crippen molar-refractivity contribution in [1.29, 1.82) is 0 Å². The second-order valence-electron chi connectivity index (χ2n) is 6.79. The van der Waals surface area contributed by atoms with Gasteiger partial charge in [-0.3, -0.25) is 9.59 Å². The minimum absolute atomic E-state index is 0.0286. The van der Waals surface area contributed by atoms with Gasteiger partial charge in [0.15, 0.2) is 5.65 Å². The van der Waals surface area contributed by atoms with Crippen LogP contribution in [0.4, 0.5) is 4.39 Å². The molecule has 1 unspecified atom stereocenters. The summed E-state index contributed by atoms with van der Waals surface area (Å²) in [4.78, 5) is 28.1. The largest absolute Gasteiger partial charge is 0.387 e. The fourth-order valence-corrected chi connectivity index (χ4v) is 3.19. The van der Waals surface area contributed by atoms with E-state index in [1.807, 2.05) is 6.92 Å². The lowest BCUT2D eigenvalue weighted by molar-refractivity contribution is -0.121. The van der Waals surface area contributed by atoms with Gasteiger partial charge in [0.25, 0.3) is 5.91 Å². The molecule has 0 aliphatic rings. The maximum atomic E-state index is 12.9. The number of fused-ring (bicyclic) bond motifs is 1. The number of nitrogens with zero attached hydrogens (tertiary/aromatic N) is 3. The Balaban J connectivity index is 1.63. The van der Waals surface area contributed by atoms with Crippen LogP contribution in [-0.4, -0.2) is 38.1 Å². The standard InChI is InChI=1S/C20H22FN5O3/c1-11-15(12(2)26-20(25-11)16(9-24-26)19(22)29)7-8-18(28)23-10-17(27)13-3-5-14(21)6-4-13/h3-6,9,17,27H,7-8,10H2,1-2H3,(H2,22,29)(H,23,28). The fourth-order valence-electron chi connectivity index (χ4n) is 3.19. The predicted octanol–water partition coefficient (Wildman–Crippen LogP) is 1.37. The zero-order valence-electron chi connectivity index (χ0n) is 16.1. The number of rotatable bonds is 7. The van der Waals surface area contributed by atoms with Crippen molar-refractivity contribution in [3.63, 3.8) is 0 Å². The maximum Gasteiger partial charge on any atom is 0.254 e. The quantitative estimate of drug-likeness (QED) is 0.554. The highest BCUT2D eigenvalue weighted by molar-refractivity contribution is 5.98. The van der Waals surface area contributed by atoms with Gasteiger partial charge in [0, 0.05) is 24.4 Å². The molecule has 152 valence electrons. The molecule has 9 heteroatoms. The normalized spacial score (nSPS) is 12.1. The van der Waals surface area contributed by atoms with E-state index < -0.39 is 12.0 Å². The van der Waals surface area contributed by atoms with Crippen LogP contribution in [0, 0.1) is 19.7 Å². The fraction of sp³-hybridized carbons (Fsp3) is 0.300. The van der Waals surface area contributed by atoms with Gasteiger partial charge in [-0.05, 0) is 43.5 Å². The van der Waals surface area contributed by atoms with Crippen molar-refractivity contribution in [2.75, 3.05) is 6.54 Å². The molecule has 0 fully saturated rings. The van der Waals surface area contributed by atoms with E-state index in [1.54, 1.807) is 11.4 Å². The van der Waals surface area contributed by atoms with Gasteiger partial charge >= 0.3 is 0 Å². The number of nitrogens with two attached hydrogens (primary N) is 1. The van der Waals surface area contributed by atoms with E-state index in [-0.39, 0.29) is 30.3 Å². The first kappa shape index (κ1) is 20.4. The Hall–Kier alpha value is -3.33. The van der Waals surface area contributed by atoms with Gasteiger partial charge in [0.1, 0.15) is 11.4 Å². The molecule has 2 heterocycles. The maximum absolute atomic E-state index is 12.9. The third-order valence-corrected chi connectivity index (χ3v) is 4.82. The number of halogens is 1. The number of hydrogen-bond donors (Lipinski definition) is 3. The first-order chi connectivity index (χ1) is 13.8. The van der Waals surface area contributed by atoms with E-state index in [0.29, 0.717) is 23.3 Å². The summed E-state index contributed by atoms with van der Waals surface area (Å²) in [5, 5.41) is 16.9. The highest BCUT2D eigenvalue weighted by atomic mass is 19.1. The lowest BCUT2D eigenvalue weighted by Gasteiger charge is -2.14. The molecule has 29 heavy (non-hydrogen) atoms. The van der Waals surface area contributed by atoms with Gasteiger partial charge in [0.05, 0.1) is 12.3 Å². The summed E-state index contributed by atoms with van der Waals surface area (Å²) >= 11 is 0. The van der Waals surface area contributed by atoms with Crippen LogP contribution in [-0.2, 0) is 11.2 Å². The van der Waals surface area contributed by atoms with Gasteiger partial charge in [-0.15, -0.1) is 0 Å². The third-order valence-electron chi connectivity index (χ3n) is 4.82. The predicted molar refractivity (Wildman–Crippen MR) is 104 cm³/mol. The number of aryl methyl sites for hydroxylation is 2. The first-order valence-electron chi connectivity index (χ1n) is 9.11. The van der Waals surface area contributed by atoms with Crippen molar-refractivity contribution in [3.8, 4) is 0 Å². The minimum Gasteiger partial charge on any atom is -0.387 e. The van der Waals surface area contributed by atoms with Crippen LogP contribution in [0.15, 0.2) is 30.5 Å². The van der Waals surface area contributed by atoms with Crippen molar-refractivity contribution in [1.82, 2.24) is 19.9 Å². The van der Waals surface area contributed by atoms with Crippen LogP contribution >= 0.6 is 0 Å². The molecule has 3 rings (SSSR count). The summed E-state index contributed by atoms with van der Waals surface area (Å²) in [6, 6.07) is 5.47. The van der Waals surface area contributed by atoms with Gasteiger partial charge in [-0.1, -0.05) is 12.1 Å². The molecule has 4 N–H and O–H groups in total. The van der Waals surface area contributed by atoms with Crippen LogP contribution in [0.1, 0.15) is 45.4 Å². The number of primary amides is 1. The second kappa shape index (κ2) is 8.36. The minimum atomic E-state index is -0.919. The Morgan fingerprint density at radius 3 is 2.62 bits per heavy atom. The zero-order chi connectivity index (χ0) is 21.1. The molecular weight excluding hydrogens is 377 g/mol. The second-order valence-corrected chi connectivity index (χ2v) is 6.79. The van der Waals surface area contributed by atoms with Gasteiger partial charge in [-0.2, -0.15) is 5.10 Å². The van der Waals surface area contributed by atoms with Gasteiger partial charge < -0.3 is 16.2 Å². The Labute approximate surface area is 166 Å². The molecule has 0 aliphatic heterocycles. The number of benzene rings is 1. The molecule has 0 saturated heterocycles. The Bertz CT molecular complexity index is 1060. The Morgan fingerprint density at radius 2 is 1.97 bits per heavy atom. The number of amides is 2. The van der Waals surface area contributed by atoms with Crippen LogP contribution in [0.5, 0.6) is 0 Å². The molecule has 0 saturated carbocycles. The lowest BCUT2D eigenvalue weighted by atomic mass is 10.1. The number of aliphatic hydroxyl groups is 1. The first-order valence-corrected chi connectivity index (χ1v) is 9.11. The summed E-state index contributed by atoms with van der Waals surface area (Å²) in [6.07, 6.45) is 1.07. The Morgan fingerprint density at radius 1 is 1.28 bits per heavy atom. The van der Waals surface area contributed by atoms with Crippen LogP contribution < -0.4 is 11.1 Å². The molecule has 8 nitrogen and oxygen atoms in total. The van der Waals surface area contributed by atoms with E-state index in [9.17, 15) is 19.1 Å². The summed E-state index contributed by atoms with van der Waals surface area (Å²) < 4.78 is 14.5. The smallest absolute Gasteiger partial charge is 0.254 e. The number of aromatic nitrogens is 3. The molecule has 1 atom stereocenters. The SMILES string of the molecule is Cc1nc2c(C(N)=O)cnn2c(C)c1CCC(=O)NCC(O)c1ccc(F)cc1. The summed E-state index contributed by atoms with van der Waals surface area (Å²) in [7, 11) is 0. The van der Waals surface area contributed by atoms with Gasteiger partial charge in [0.2, 0.25) is 5.91 Å². The van der Waals surface area contributed by atoms with Crippen molar-refractivity contribution in [2.24, 2.45) is 5.73 Å². The van der Waals surface area contributed by atoms with Crippen molar-refractivity contribution in [3.05, 3.63) is 64.4 Å². The van der Waals surface area contributed by atoms with Crippen LogP contribution in [0.25, 0.3) is 5.65 Å². The van der Waals surface area contributed by atoms with Gasteiger partial charge in [-0.25, -0.2) is 13.9 Å². The van der Waals surface area contributed by atoms with Crippen molar-refractivity contribution >= 4 is 17.5 Å². The lowest BCUT2D eigenvalue weighted by Crippen LogP contribution is -2.28. The number of carbonyl (C=O) groups is 2. The molecule has 2 aromatic heterocycles. The van der Waals surface area contributed by atoms with E-state index in [4.69, 9.17) is 5.73 Å². The summed E-state index contributed by atoms with van der Waals surface area (Å²) in [6.45, 7) is 3.67. The third kappa shape index (κ3) is 4.40. The Kier molecular flexibility index (Phi) is 5.88. The van der Waals surface area contributed by atoms with Crippen molar-refractivity contribution < 1.29 is 19.1 Å². The monoisotopic (exact) mass is 399 g/mol. The van der Waals surface area contributed by atoms with E-state index in [1.165, 1.54) is 30.5 Å². The highest BCUT2D eigenvalue weighted by Crippen LogP contribution is 2.18. The molecule has 2 amide bonds. The van der Waals surface area contributed by atoms with E-state index >= 15 is 0 Å². The number of hydrogen-bond acceptors (Lipinski definition) is 5. The molecule has 1 aromatic carbocycles. The molecule has 0 radical (unpaired) electrons. The van der Waals surface area contributed by atoms with E-state index in [2.05, 4.69) is 15.4 Å². The number of aliphatic hydroxyl groups excluding tert-OH is 1. The molecule has 0 spiro atoms. The summed E-state index contributed by atoms with van der Waals surface area (Å²) in [5.41, 5.74) is 8.83.